The third-order valence-corrected chi connectivity index (χ3v) is 4.77. The smallest absolute Gasteiger partial charge is 0.335 e. The summed E-state index contributed by atoms with van der Waals surface area (Å²) in [7, 11) is -3.85. The van der Waals surface area contributed by atoms with Crippen molar-refractivity contribution in [2.75, 3.05) is 6.54 Å². The standard InChI is InChI=1S/C11H11BrClNO4S/c1-6(13)5-14-19(17,18)10-4-8(11(15)16)3-9(12)7(10)2/h3-4,14H,1,5H2,2H3,(H,15,16). The molecule has 5 nitrogen and oxygen atoms in total. The summed E-state index contributed by atoms with van der Waals surface area (Å²) in [6.07, 6.45) is 0. The Kier molecular flexibility index (Phi) is 5.14. The average Bonchev–Trinajstić information content (AvgIpc) is 2.29. The lowest BCUT2D eigenvalue weighted by Gasteiger charge is -2.11. The second kappa shape index (κ2) is 6.04. The molecule has 8 heteroatoms. The molecule has 1 rings (SSSR count). The highest BCUT2D eigenvalue weighted by atomic mass is 79.9. The van der Waals surface area contributed by atoms with Crippen LogP contribution >= 0.6 is 27.5 Å². The number of halogens is 2. The predicted octanol–water partition coefficient (Wildman–Crippen LogP) is 2.49. The van der Waals surface area contributed by atoms with Gasteiger partial charge >= 0.3 is 5.97 Å². The van der Waals surface area contributed by atoms with Gasteiger partial charge in [0.05, 0.1) is 10.5 Å². The highest BCUT2D eigenvalue weighted by Gasteiger charge is 2.20. The van der Waals surface area contributed by atoms with Crippen LogP contribution in [0.15, 0.2) is 33.1 Å². The molecule has 0 unspecified atom stereocenters. The van der Waals surface area contributed by atoms with Crippen molar-refractivity contribution in [2.45, 2.75) is 11.8 Å². The van der Waals surface area contributed by atoms with Crippen molar-refractivity contribution in [1.29, 1.82) is 0 Å². The first-order chi connectivity index (χ1) is 8.65. The van der Waals surface area contributed by atoms with Crippen LogP contribution in [0, 0.1) is 6.92 Å². The number of aromatic carboxylic acids is 1. The van der Waals surface area contributed by atoms with Crippen LogP contribution in [0.1, 0.15) is 15.9 Å². The molecule has 0 heterocycles. The van der Waals surface area contributed by atoms with E-state index in [0.717, 1.165) is 6.07 Å². The Labute approximate surface area is 124 Å². The van der Waals surface area contributed by atoms with Crippen molar-refractivity contribution in [1.82, 2.24) is 4.72 Å². The lowest BCUT2D eigenvalue weighted by molar-refractivity contribution is 0.0696. The third kappa shape index (κ3) is 4.04. The molecule has 19 heavy (non-hydrogen) atoms. The lowest BCUT2D eigenvalue weighted by Crippen LogP contribution is -2.26. The predicted molar refractivity (Wildman–Crippen MR) is 76.0 cm³/mol. The summed E-state index contributed by atoms with van der Waals surface area (Å²) in [5.74, 6) is -1.21. The van der Waals surface area contributed by atoms with Crippen LogP contribution in [0.4, 0.5) is 0 Å². The quantitative estimate of drug-likeness (QED) is 0.836. The van der Waals surface area contributed by atoms with Crippen LogP contribution in [0.2, 0.25) is 0 Å². The Morgan fingerprint density at radius 3 is 2.58 bits per heavy atom. The summed E-state index contributed by atoms with van der Waals surface area (Å²) >= 11 is 8.64. The zero-order valence-electron chi connectivity index (χ0n) is 9.91. The summed E-state index contributed by atoms with van der Waals surface area (Å²) in [5.41, 5.74) is 0.292. The molecule has 0 fully saturated rings. The van der Waals surface area contributed by atoms with Crippen LogP contribution in [-0.4, -0.2) is 26.0 Å². The van der Waals surface area contributed by atoms with Gasteiger partial charge in [-0.25, -0.2) is 17.9 Å². The van der Waals surface area contributed by atoms with E-state index in [1.165, 1.54) is 6.07 Å². The molecule has 0 saturated carbocycles. The third-order valence-electron chi connectivity index (χ3n) is 2.29. The Balaban J connectivity index is 3.33. The van der Waals surface area contributed by atoms with E-state index < -0.39 is 16.0 Å². The van der Waals surface area contributed by atoms with Crippen molar-refractivity contribution < 1.29 is 18.3 Å². The Hall–Kier alpha value is -0.890. The first-order valence-corrected chi connectivity index (χ1v) is 7.67. The van der Waals surface area contributed by atoms with Crippen LogP contribution in [-0.2, 0) is 10.0 Å². The highest BCUT2D eigenvalue weighted by Crippen LogP contribution is 2.25. The van der Waals surface area contributed by atoms with Crippen LogP contribution in [0.3, 0.4) is 0 Å². The van der Waals surface area contributed by atoms with Gasteiger partial charge in [0.15, 0.2) is 0 Å². The Morgan fingerprint density at radius 1 is 1.53 bits per heavy atom. The van der Waals surface area contributed by atoms with Gasteiger partial charge in [0, 0.05) is 16.0 Å². The van der Waals surface area contributed by atoms with Gasteiger partial charge < -0.3 is 5.11 Å². The van der Waals surface area contributed by atoms with Gasteiger partial charge in [-0.15, -0.1) is 0 Å². The average molecular weight is 369 g/mol. The molecular weight excluding hydrogens is 358 g/mol. The number of hydrogen-bond donors (Lipinski definition) is 2. The number of carboxylic acids is 1. The van der Waals surface area contributed by atoms with Crippen molar-refractivity contribution in [3.8, 4) is 0 Å². The van der Waals surface area contributed by atoms with E-state index in [1.54, 1.807) is 6.92 Å². The maximum atomic E-state index is 12.1. The molecule has 2 N–H and O–H groups in total. The van der Waals surface area contributed by atoms with E-state index in [2.05, 4.69) is 27.2 Å². The maximum absolute atomic E-state index is 12.1. The number of benzene rings is 1. The summed E-state index contributed by atoms with van der Waals surface area (Å²) < 4.78 is 26.8. The van der Waals surface area contributed by atoms with Gasteiger partial charge in [-0.2, -0.15) is 0 Å². The van der Waals surface area contributed by atoms with Crippen molar-refractivity contribution in [3.05, 3.63) is 39.3 Å². The molecule has 104 valence electrons. The topological polar surface area (TPSA) is 83.5 Å². The second-order valence-corrected chi connectivity index (χ2v) is 6.85. The van der Waals surface area contributed by atoms with E-state index in [4.69, 9.17) is 16.7 Å². The number of sulfonamides is 1. The molecule has 0 aliphatic carbocycles. The molecule has 0 bridgehead atoms. The van der Waals surface area contributed by atoms with Gasteiger partial charge in [-0.3, -0.25) is 0 Å². The van der Waals surface area contributed by atoms with Crippen molar-refractivity contribution in [3.63, 3.8) is 0 Å². The van der Waals surface area contributed by atoms with E-state index >= 15 is 0 Å². The van der Waals surface area contributed by atoms with Gasteiger partial charge in [-0.05, 0) is 24.6 Å². The summed E-state index contributed by atoms with van der Waals surface area (Å²) in [6.45, 7) is 4.82. The zero-order valence-corrected chi connectivity index (χ0v) is 13.1. The van der Waals surface area contributed by atoms with Gasteiger partial charge in [0.1, 0.15) is 0 Å². The van der Waals surface area contributed by atoms with Gasteiger partial charge in [-0.1, -0.05) is 34.1 Å². The van der Waals surface area contributed by atoms with Crippen molar-refractivity contribution >= 4 is 43.5 Å². The molecule has 0 aliphatic heterocycles. The van der Waals surface area contributed by atoms with Crippen LogP contribution in [0.25, 0.3) is 0 Å². The monoisotopic (exact) mass is 367 g/mol. The Morgan fingerprint density at radius 2 is 2.11 bits per heavy atom. The fraction of sp³-hybridized carbons (Fsp3) is 0.182. The molecule has 0 spiro atoms. The first-order valence-electron chi connectivity index (χ1n) is 5.01. The summed E-state index contributed by atoms with van der Waals surface area (Å²) in [6, 6.07) is 2.44. The zero-order chi connectivity index (χ0) is 14.8. The van der Waals surface area contributed by atoms with E-state index in [1.807, 2.05) is 0 Å². The summed E-state index contributed by atoms with van der Waals surface area (Å²) in [4.78, 5) is 10.8. The summed E-state index contributed by atoms with van der Waals surface area (Å²) in [5, 5.41) is 9.07. The number of rotatable bonds is 5. The molecule has 0 aromatic heterocycles. The molecular formula is C11H11BrClNO4S. The second-order valence-electron chi connectivity index (χ2n) is 3.73. The minimum atomic E-state index is -3.85. The molecule has 1 aromatic rings. The highest BCUT2D eigenvalue weighted by molar-refractivity contribution is 9.10. The van der Waals surface area contributed by atoms with Crippen molar-refractivity contribution in [2.24, 2.45) is 0 Å². The molecule has 0 aliphatic rings. The first kappa shape index (κ1) is 16.2. The maximum Gasteiger partial charge on any atom is 0.335 e. The lowest BCUT2D eigenvalue weighted by atomic mass is 10.1. The minimum Gasteiger partial charge on any atom is -0.478 e. The molecule has 1 aromatic carbocycles. The molecule has 0 atom stereocenters. The Bertz CT molecular complexity index is 642. The fourth-order valence-electron chi connectivity index (χ4n) is 1.31. The number of carboxylic acid groups (broad SMARTS) is 1. The minimum absolute atomic E-state index is 0.114. The van der Waals surface area contributed by atoms with Gasteiger partial charge in [0.2, 0.25) is 10.0 Å². The van der Waals surface area contributed by atoms with Crippen LogP contribution in [0.5, 0.6) is 0 Å². The van der Waals surface area contributed by atoms with Gasteiger partial charge in [0.25, 0.3) is 0 Å². The number of carbonyl (C=O) groups is 1. The van der Waals surface area contributed by atoms with E-state index in [-0.39, 0.29) is 22.0 Å². The number of hydrogen-bond acceptors (Lipinski definition) is 3. The SMILES string of the molecule is C=C(Cl)CNS(=O)(=O)c1cc(C(=O)O)cc(Br)c1C. The fourth-order valence-corrected chi connectivity index (χ4v) is 3.36. The number of nitrogens with one attached hydrogen (secondary N) is 1. The largest absolute Gasteiger partial charge is 0.478 e. The molecule has 0 radical (unpaired) electrons. The molecule has 0 saturated heterocycles. The normalized spacial score (nSPS) is 11.3. The van der Waals surface area contributed by atoms with E-state index in [0.29, 0.717) is 10.0 Å². The molecule has 0 amide bonds. The van der Waals surface area contributed by atoms with Crippen LogP contribution < -0.4 is 4.72 Å². The van der Waals surface area contributed by atoms with E-state index in [9.17, 15) is 13.2 Å².